The number of rotatable bonds is 4. The van der Waals surface area contributed by atoms with Crippen molar-refractivity contribution in [3.63, 3.8) is 0 Å². The summed E-state index contributed by atoms with van der Waals surface area (Å²) >= 11 is 1.75. The fraction of sp³-hybridized carbons (Fsp3) is 0.500. The number of nitrogens with zero attached hydrogens (tertiary/aromatic N) is 2. The van der Waals surface area contributed by atoms with Crippen LogP contribution in [0.2, 0.25) is 0 Å². The molecule has 1 fully saturated rings. The Bertz CT molecular complexity index is 469. The monoisotopic (exact) mass is 261 g/mol. The molecule has 1 saturated carbocycles. The summed E-state index contributed by atoms with van der Waals surface area (Å²) in [5.74, 6) is 1.02. The van der Waals surface area contributed by atoms with Gasteiger partial charge in [0.2, 0.25) is 5.95 Å². The Hall–Kier alpha value is -1.29. The van der Waals surface area contributed by atoms with Crippen molar-refractivity contribution in [1.82, 2.24) is 9.55 Å². The van der Waals surface area contributed by atoms with Crippen LogP contribution < -0.4 is 5.32 Å². The summed E-state index contributed by atoms with van der Waals surface area (Å²) < 4.78 is 2.21. The predicted molar refractivity (Wildman–Crippen MR) is 76.1 cm³/mol. The number of nitrogens with one attached hydrogen (secondary N) is 1. The van der Waals surface area contributed by atoms with E-state index in [1.807, 2.05) is 6.20 Å². The Morgan fingerprint density at radius 1 is 1.33 bits per heavy atom. The molecule has 1 aliphatic rings. The topological polar surface area (TPSA) is 29.9 Å². The van der Waals surface area contributed by atoms with Gasteiger partial charge in [-0.25, -0.2) is 4.98 Å². The standard InChI is InChI=1S/C14H19N3S/c1-2-4-13(5-3-1)16-14-15-7-8-17(14)10-12-6-9-18-11-12/h6-9,11,13H,1-5,10H2,(H,15,16). The van der Waals surface area contributed by atoms with Crippen molar-refractivity contribution in [3.8, 4) is 0 Å². The highest BCUT2D eigenvalue weighted by Crippen LogP contribution is 2.21. The van der Waals surface area contributed by atoms with Gasteiger partial charge >= 0.3 is 0 Å². The average Bonchev–Trinajstić information content (AvgIpc) is 3.04. The zero-order valence-electron chi connectivity index (χ0n) is 10.5. The lowest BCUT2D eigenvalue weighted by Gasteiger charge is -2.23. The van der Waals surface area contributed by atoms with Gasteiger partial charge in [0.15, 0.2) is 0 Å². The molecule has 18 heavy (non-hydrogen) atoms. The molecule has 0 bridgehead atoms. The Labute approximate surface area is 112 Å². The van der Waals surface area contributed by atoms with E-state index in [-0.39, 0.29) is 0 Å². The molecule has 0 atom stereocenters. The number of aromatic nitrogens is 2. The smallest absolute Gasteiger partial charge is 0.203 e. The first kappa shape index (κ1) is 11.8. The van der Waals surface area contributed by atoms with E-state index in [1.165, 1.54) is 37.7 Å². The van der Waals surface area contributed by atoms with Crippen LogP contribution >= 0.6 is 11.3 Å². The van der Waals surface area contributed by atoms with Gasteiger partial charge in [0, 0.05) is 18.4 Å². The zero-order chi connectivity index (χ0) is 12.2. The normalized spacial score (nSPS) is 16.9. The molecule has 0 spiro atoms. The summed E-state index contributed by atoms with van der Waals surface area (Å²) in [5.41, 5.74) is 1.35. The van der Waals surface area contributed by atoms with Gasteiger partial charge in [0.25, 0.3) is 0 Å². The average molecular weight is 261 g/mol. The van der Waals surface area contributed by atoms with Gasteiger partial charge in [0.05, 0.1) is 6.54 Å². The third kappa shape index (κ3) is 2.75. The van der Waals surface area contributed by atoms with Crippen LogP contribution in [0.15, 0.2) is 29.2 Å². The highest BCUT2D eigenvalue weighted by Gasteiger charge is 2.15. The molecule has 0 amide bonds. The van der Waals surface area contributed by atoms with Crippen LogP contribution in [0.4, 0.5) is 5.95 Å². The van der Waals surface area contributed by atoms with Crippen molar-refractivity contribution in [3.05, 3.63) is 34.8 Å². The third-order valence-corrected chi connectivity index (χ3v) is 4.32. The lowest BCUT2D eigenvalue weighted by Crippen LogP contribution is -2.24. The molecule has 2 aromatic heterocycles. The Morgan fingerprint density at radius 3 is 3.00 bits per heavy atom. The summed E-state index contributed by atoms with van der Waals surface area (Å²) in [6.45, 7) is 0.915. The molecule has 1 aliphatic carbocycles. The highest BCUT2D eigenvalue weighted by atomic mass is 32.1. The molecule has 2 aromatic rings. The van der Waals surface area contributed by atoms with Gasteiger partial charge in [-0.3, -0.25) is 0 Å². The van der Waals surface area contributed by atoms with E-state index in [2.05, 4.69) is 37.9 Å². The summed E-state index contributed by atoms with van der Waals surface area (Å²) in [4.78, 5) is 4.45. The van der Waals surface area contributed by atoms with E-state index >= 15 is 0 Å². The summed E-state index contributed by atoms with van der Waals surface area (Å²) in [6.07, 6.45) is 10.6. The third-order valence-electron chi connectivity index (χ3n) is 3.59. The number of hydrogen-bond donors (Lipinski definition) is 1. The van der Waals surface area contributed by atoms with E-state index in [4.69, 9.17) is 0 Å². The summed E-state index contributed by atoms with van der Waals surface area (Å²) in [5, 5.41) is 7.92. The van der Waals surface area contributed by atoms with Gasteiger partial charge in [-0.2, -0.15) is 11.3 Å². The fourth-order valence-electron chi connectivity index (χ4n) is 2.59. The van der Waals surface area contributed by atoms with Crippen molar-refractivity contribution in [2.75, 3.05) is 5.32 Å². The molecule has 0 unspecified atom stereocenters. The second kappa shape index (κ2) is 5.57. The number of anilines is 1. The molecule has 0 saturated heterocycles. The molecule has 0 radical (unpaired) electrons. The molecular formula is C14H19N3S. The Kier molecular flexibility index (Phi) is 3.64. The minimum atomic E-state index is 0.613. The summed E-state index contributed by atoms with van der Waals surface area (Å²) in [7, 11) is 0. The van der Waals surface area contributed by atoms with E-state index in [0.717, 1.165) is 12.5 Å². The van der Waals surface area contributed by atoms with Gasteiger partial charge < -0.3 is 9.88 Å². The number of hydrogen-bond acceptors (Lipinski definition) is 3. The van der Waals surface area contributed by atoms with Crippen molar-refractivity contribution in [2.24, 2.45) is 0 Å². The molecule has 1 N–H and O–H groups in total. The van der Waals surface area contributed by atoms with Crippen LogP contribution in [0.5, 0.6) is 0 Å². The van der Waals surface area contributed by atoms with Crippen LogP contribution in [-0.4, -0.2) is 15.6 Å². The first-order chi connectivity index (χ1) is 8.92. The zero-order valence-corrected chi connectivity index (χ0v) is 11.3. The van der Waals surface area contributed by atoms with E-state index in [9.17, 15) is 0 Å². The van der Waals surface area contributed by atoms with Crippen LogP contribution in [-0.2, 0) is 6.54 Å². The van der Waals surface area contributed by atoms with E-state index in [1.54, 1.807) is 11.3 Å². The van der Waals surface area contributed by atoms with Gasteiger partial charge in [-0.15, -0.1) is 0 Å². The second-order valence-corrected chi connectivity index (χ2v) is 5.77. The maximum Gasteiger partial charge on any atom is 0.203 e. The molecule has 3 rings (SSSR count). The maximum absolute atomic E-state index is 4.45. The van der Waals surface area contributed by atoms with Crippen molar-refractivity contribution < 1.29 is 0 Å². The molecule has 96 valence electrons. The lowest BCUT2D eigenvalue weighted by molar-refractivity contribution is 0.459. The Balaban J connectivity index is 1.67. The molecule has 4 heteroatoms. The minimum Gasteiger partial charge on any atom is -0.353 e. The van der Waals surface area contributed by atoms with Crippen LogP contribution in [0.3, 0.4) is 0 Å². The maximum atomic E-state index is 4.45. The second-order valence-electron chi connectivity index (χ2n) is 4.99. The van der Waals surface area contributed by atoms with Gasteiger partial charge in [-0.05, 0) is 35.2 Å². The predicted octanol–water partition coefficient (Wildman–Crippen LogP) is 3.74. The lowest BCUT2D eigenvalue weighted by atomic mass is 9.96. The first-order valence-electron chi connectivity index (χ1n) is 6.70. The van der Waals surface area contributed by atoms with Crippen LogP contribution in [0.1, 0.15) is 37.7 Å². The quantitative estimate of drug-likeness (QED) is 0.908. The van der Waals surface area contributed by atoms with Crippen molar-refractivity contribution in [2.45, 2.75) is 44.7 Å². The molecule has 0 aromatic carbocycles. The first-order valence-corrected chi connectivity index (χ1v) is 7.65. The van der Waals surface area contributed by atoms with E-state index in [0.29, 0.717) is 6.04 Å². The molecule has 0 aliphatic heterocycles. The van der Waals surface area contributed by atoms with E-state index < -0.39 is 0 Å². The van der Waals surface area contributed by atoms with Crippen molar-refractivity contribution in [1.29, 1.82) is 0 Å². The summed E-state index contributed by atoms with van der Waals surface area (Å²) in [6, 6.07) is 2.79. The largest absolute Gasteiger partial charge is 0.353 e. The molecule has 3 nitrogen and oxygen atoms in total. The van der Waals surface area contributed by atoms with Crippen LogP contribution in [0, 0.1) is 0 Å². The number of imidazole rings is 1. The number of thiophene rings is 1. The van der Waals surface area contributed by atoms with Gasteiger partial charge in [0.1, 0.15) is 0 Å². The Morgan fingerprint density at radius 2 is 2.22 bits per heavy atom. The molecule has 2 heterocycles. The fourth-order valence-corrected chi connectivity index (χ4v) is 3.25. The highest BCUT2D eigenvalue weighted by molar-refractivity contribution is 7.07. The van der Waals surface area contributed by atoms with Gasteiger partial charge in [-0.1, -0.05) is 19.3 Å². The van der Waals surface area contributed by atoms with Crippen LogP contribution in [0.25, 0.3) is 0 Å². The minimum absolute atomic E-state index is 0.613. The SMILES string of the molecule is c1cn(Cc2ccsc2)c(NC2CCCCC2)n1. The molecular weight excluding hydrogens is 242 g/mol. The van der Waals surface area contributed by atoms with Crippen molar-refractivity contribution >= 4 is 17.3 Å².